The maximum atomic E-state index is 12.6. The molecule has 0 N–H and O–H groups in total. The van der Waals surface area contributed by atoms with E-state index in [-0.39, 0.29) is 31.7 Å². The molecule has 0 amide bonds. The van der Waals surface area contributed by atoms with Crippen LogP contribution in [0.5, 0.6) is 0 Å². The van der Waals surface area contributed by atoms with E-state index < -0.39 is 24.2 Å². The van der Waals surface area contributed by atoms with Crippen LogP contribution in [0.25, 0.3) is 0 Å². The lowest BCUT2D eigenvalue weighted by Crippen LogP contribution is -2.36. The van der Waals surface area contributed by atoms with E-state index in [0.29, 0.717) is 0 Å². The number of rotatable bonds is 3. The molecule has 0 bridgehead atoms. The van der Waals surface area contributed by atoms with Crippen LogP contribution in [0.4, 0.5) is 8.78 Å². The number of alkyl halides is 2. The highest BCUT2D eigenvalue weighted by atomic mass is 19.3. The van der Waals surface area contributed by atoms with Crippen molar-refractivity contribution in [2.24, 2.45) is 11.8 Å². The van der Waals surface area contributed by atoms with Crippen molar-refractivity contribution in [3.63, 3.8) is 0 Å². The van der Waals surface area contributed by atoms with Crippen LogP contribution < -0.4 is 0 Å². The van der Waals surface area contributed by atoms with E-state index in [1.54, 1.807) is 6.92 Å². The third kappa shape index (κ3) is 2.97. The molecule has 0 spiro atoms. The Bertz CT molecular complexity index is 253. The molecule has 1 fully saturated rings. The summed E-state index contributed by atoms with van der Waals surface area (Å²) in [5, 5.41) is 0. The molecule has 0 aromatic rings. The Labute approximate surface area is 86.8 Å². The number of halogens is 2. The molecule has 0 radical (unpaired) electrons. The molecule has 3 nitrogen and oxygen atoms in total. The topological polar surface area (TPSA) is 43.4 Å². The first-order valence-electron chi connectivity index (χ1n) is 5.02. The SMILES string of the molecule is CCOC(=O)C1CCC(=O)CC1C(F)F. The van der Waals surface area contributed by atoms with Crippen molar-refractivity contribution in [3.8, 4) is 0 Å². The van der Waals surface area contributed by atoms with Crippen molar-refractivity contribution in [1.29, 1.82) is 0 Å². The third-order valence-electron chi connectivity index (χ3n) is 2.63. The fourth-order valence-corrected chi connectivity index (χ4v) is 1.84. The average Bonchev–Trinajstić information content (AvgIpc) is 2.17. The minimum absolute atomic E-state index is 0.180. The predicted molar refractivity (Wildman–Crippen MR) is 48.5 cm³/mol. The van der Waals surface area contributed by atoms with Gasteiger partial charge in [0.2, 0.25) is 6.43 Å². The van der Waals surface area contributed by atoms with Gasteiger partial charge in [0.25, 0.3) is 0 Å². The minimum Gasteiger partial charge on any atom is -0.466 e. The standard InChI is InChI=1S/C10H14F2O3/c1-2-15-10(14)7-4-3-6(13)5-8(7)9(11)12/h7-9H,2-5H2,1H3. The van der Waals surface area contributed by atoms with Crippen molar-refractivity contribution in [1.82, 2.24) is 0 Å². The maximum absolute atomic E-state index is 12.6. The molecule has 5 heteroatoms. The Balaban J connectivity index is 2.68. The number of carbonyl (C=O) groups excluding carboxylic acids is 2. The molecular formula is C10H14F2O3. The van der Waals surface area contributed by atoms with Crippen LogP contribution >= 0.6 is 0 Å². The van der Waals surface area contributed by atoms with Gasteiger partial charge in [-0.15, -0.1) is 0 Å². The fourth-order valence-electron chi connectivity index (χ4n) is 1.84. The fraction of sp³-hybridized carbons (Fsp3) is 0.800. The number of hydrogen-bond donors (Lipinski definition) is 0. The van der Waals surface area contributed by atoms with E-state index in [0.717, 1.165) is 0 Å². The van der Waals surface area contributed by atoms with Gasteiger partial charge in [-0.1, -0.05) is 0 Å². The van der Waals surface area contributed by atoms with Crippen LogP contribution in [-0.4, -0.2) is 24.8 Å². The molecule has 86 valence electrons. The van der Waals surface area contributed by atoms with E-state index in [2.05, 4.69) is 0 Å². The number of hydrogen-bond acceptors (Lipinski definition) is 3. The van der Waals surface area contributed by atoms with Gasteiger partial charge < -0.3 is 4.74 Å². The lowest BCUT2D eigenvalue weighted by atomic mass is 9.79. The zero-order valence-corrected chi connectivity index (χ0v) is 8.54. The quantitative estimate of drug-likeness (QED) is 0.681. The Morgan fingerprint density at radius 3 is 2.80 bits per heavy atom. The first kappa shape index (κ1) is 12.1. The van der Waals surface area contributed by atoms with Crippen molar-refractivity contribution in [3.05, 3.63) is 0 Å². The van der Waals surface area contributed by atoms with E-state index in [1.807, 2.05) is 0 Å². The summed E-state index contributed by atoms with van der Waals surface area (Å²) in [6.07, 6.45) is -2.45. The summed E-state index contributed by atoms with van der Waals surface area (Å²) in [7, 11) is 0. The van der Waals surface area contributed by atoms with Gasteiger partial charge in [0, 0.05) is 18.8 Å². The van der Waals surface area contributed by atoms with Crippen molar-refractivity contribution in [2.75, 3.05) is 6.61 Å². The molecule has 0 saturated heterocycles. The first-order valence-corrected chi connectivity index (χ1v) is 5.02. The van der Waals surface area contributed by atoms with Crippen LogP contribution in [0.1, 0.15) is 26.2 Å². The summed E-state index contributed by atoms with van der Waals surface area (Å²) in [6, 6.07) is 0. The highest BCUT2D eigenvalue weighted by Gasteiger charge is 2.40. The molecular weight excluding hydrogens is 206 g/mol. The third-order valence-corrected chi connectivity index (χ3v) is 2.63. The summed E-state index contributed by atoms with van der Waals surface area (Å²) in [5.74, 6) is -2.77. The summed E-state index contributed by atoms with van der Waals surface area (Å²) in [6.45, 7) is 1.81. The van der Waals surface area contributed by atoms with E-state index in [9.17, 15) is 18.4 Å². The van der Waals surface area contributed by atoms with Gasteiger partial charge in [0.05, 0.1) is 12.5 Å². The predicted octanol–water partition coefficient (Wildman–Crippen LogP) is 1.80. The summed E-state index contributed by atoms with van der Waals surface area (Å²) < 4.78 is 29.9. The van der Waals surface area contributed by atoms with Crippen molar-refractivity contribution >= 4 is 11.8 Å². The van der Waals surface area contributed by atoms with Crippen LogP contribution in [0, 0.1) is 11.8 Å². The van der Waals surface area contributed by atoms with Crippen LogP contribution in [0.2, 0.25) is 0 Å². The van der Waals surface area contributed by atoms with Gasteiger partial charge >= 0.3 is 5.97 Å². The second-order valence-electron chi connectivity index (χ2n) is 3.64. The second kappa shape index (κ2) is 5.19. The number of ether oxygens (including phenoxy) is 1. The number of carbonyl (C=O) groups is 2. The molecule has 2 atom stereocenters. The van der Waals surface area contributed by atoms with E-state index >= 15 is 0 Å². The summed E-state index contributed by atoms with van der Waals surface area (Å²) in [4.78, 5) is 22.4. The monoisotopic (exact) mass is 220 g/mol. The van der Waals surface area contributed by atoms with Crippen molar-refractivity contribution in [2.45, 2.75) is 32.6 Å². The maximum Gasteiger partial charge on any atom is 0.309 e. The van der Waals surface area contributed by atoms with Crippen LogP contribution in [0.3, 0.4) is 0 Å². The van der Waals surface area contributed by atoms with Gasteiger partial charge in [0.15, 0.2) is 0 Å². The molecule has 1 aliphatic rings. The summed E-state index contributed by atoms with van der Waals surface area (Å²) >= 11 is 0. The Morgan fingerprint density at radius 1 is 1.60 bits per heavy atom. The van der Waals surface area contributed by atoms with E-state index in [4.69, 9.17) is 4.74 Å². The Hall–Kier alpha value is -1.00. The number of esters is 1. The first-order chi connectivity index (χ1) is 7.06. The van der Waals surface area contributed by atoms with Gasteiger partial charge in [-0.3, -0.25) is 9.59 Å². The zero-order valence-electron chi connectivity index (χ0n) is 8.54. The average molecular weight is 220 g/mol. The molecule has 1 saturated carbocycles. The van der Waals surface area contributed by atoms with Gasteiger partial charge in [-0.25, -0.2) is 8.78 Å². The largest absolute Gasteiger partial charge is 0.466 e. The Kier molecular flexibility index (Phi) is 4.17. The Morgan fingerprint density at radius 2 is 2.27 bits per heavy atom. The second-order valence-corrected chi connectivity index (χ2v) is 3.64. The number of Topliss-reactive ketones (excluding diaryl/α,β-unsaturated/α-hetero) is 1. The lowest BCUT2D eigenvalue weighted by Gasteiger charge is -2.28. The molecule has 1 rings (SSSR count). The van der Waals surface area contributed by atoms with Gasteiger partial charge in [-0.05, 0) is 13.3 Å². The number of ketones is 1. The van der Waals surface area contributed by atoms with Gasteiger partial charge in [0.1, 0.15) is 5.78 Å². The summed E-state index contributed by atoms with van der Waals surface area (Å²) in [5.41, 5.74) is 0. The van der Waals surface area contributed by atoms with Gasteiger partial charge in [-0.2, -0.15) is 0 Å². The molecule has 0 aliphatic heterocycles. The molecule has 0 aromatic carbocycles. The normalized spacial score (nSPS) is 26.8. The molecule has 1 aliphatic carbocycles. The van der Waals surface area contributed by atoms with E-state index in [1.165, 1.54) is 0 Å². The molecule has 0 heterocycles. The van der Waals surface area contributed by atoms with Crippen molar-refractivity contribution < 1.29 is 23.1 Å². The van der Waals surface area contributed by atoms with Crippen LogP contribution in [0.15, 0.2) is 0 Å². The highest BCUT2D eigenvalue weighted by Crippen LogP contribution is 2.33. The smallest absolute Gasteiger partial charge is 0.309 e. The molecule has 15 heavy (non-hydrogen) atoms. The molecule has 2 unspecified atom stereocenters. The highest BCUT2D eigenvalue weighted by molar-refractivity contribution is 5.83. The van der Waals surface area contributed by atoms with Crippen LogP contribution in [-0.2, 0) is 14.3 Å². The lowest BCUT2D eigenvalue weighted by molar-refractivity contribution is -0.155. The zero-order chi connectivity index (χ0) is 11.4. The minimum atomic E-state index is -2.64. The molecule has 0 aromatic heterocycles.